The number of imidazole rings is 1. The number of rotatable bonds is 14. The summed E-state index contributed by atoms with van der Waals surface area (Å²) in [6, 6.07) is 0. The molecule has 0 bridgehead atoms. The second-order valence-corrected chi connectivity index (χ2v) is 14.1. The highest BCUT2D eigenvalue weighted by atomic mass is 31.3. The van der Waals surface area contributed by atoms with Crippen molar-refractivity contribution in [3.63, 3.8) is 0 Å². The second kappa shape index (κ2) is 16.5. The van der Waals surface area contributed by atoms with Gasteiger partial charge in [-0.2, -0.15) is 4.31 Å². The van der Waals surface area contributed by atoms with Crippen LogP contribution in [0.5, 0.6) is 0 Å². The van der Waals surface area contributed by atoms with Crippen LogP contribution in [-0.4, -0.2) is 132 Å². The summed E-state index contributed by atoms with van der Waals surface area (Å²) in [6.45, 7) is 1.40. The SMILES string of the molecule is CC(=O)OC[C@H](F)C1O[C@@H](OP(=O)(O)OP(=O)(O)OC[C@H]2O[C@@H](n3cnc4c(N)ncnc43)C(O)C2O)C(OC(C)=O)C(OC(C)=O)[C@@H]1OC(C)=O. The van der Waals surface area contributed by atoms with Crippen molar-refractivity contribution >= 4 is 56.5 Å². The molecule has 2 aliphatic heterocycles. The average molecular weight is 790 g/mol. The molecule has 4 heterocycles. The highest BCUT2D eigenvalue weighted by molar-refractivity contribution is 7.61. The lowest BCUT2D eigenvalue weighted by Gasteiger charge is -2.44. The van der Waals surface area contributed by atoms with Crippen LogP contribution in [0, 0.1) is 0 Å². The van der Waals surface area contributed by atoms with Gasteiger partial charge < -0.3 is 54.2 Å². The van der Waals surface area contributed by atoms with Gasteiger partial charge in [-0.3, -0.25) is 32.8 Å². The van der Waals surface area contributed by atoms with Crippen molar-refractivity contribution in [2.45, 2.75) is 89.1 Å². The number of fused-ring (bicyclic) bond motifs is 1. The Bertz CT molecular complexity index is 1750. The van der Waals surface area contributed by atoms with Crippen LogP contribution in [0.15, 0.2) is 12.7 Å². The Hall–Kier alpha value is -3.74. The molecule has 0 amide bonds. The Balaban J connectivity index is 1.52. The first-order valence-corrected chi connectivity index (χ1v) is 17.8. The predicted molar refractivity (Wildman–Crippen MR) is 160 cm³/mol. The Morgan fingerprint density at radius 3 is 2.13 bits per heavy atom. The monoisotopic (exact) mass is 789 g/mol. The molecule has 0 spiro atoms. The van der Waals surface area contributed by atoms with Crippen molar-refractivity contribution in [1.29, 1.82) is 0 Å². The first kappa shape index (κ1) is 41.0. The van der Waals surface area contributed by atoms with E-state index in [1.807, 2.05) is 0 Å². The smallest absolute Gasteiger partial charge is 0.463 e. The Labute approximate surface area is 291 Å². The van der Waals surface area contributed by atoms with Crippen LogP contribution in [0.1, 0.15) is 33.9 Å². The van der Waals surface area contributed by atoms with Crippen LogP contribution >= 0.6 is 15.6 Å². The van der Waals surface area contributed by atoms with E-state index in [0.29, 0.717) is 0 Å². The van der Waals surface area contributed by atoms with Gasteiger partial charge in [0.1, 0.15) is 42.9 Å². The summed E-state index contributed by atoms with van der Waals surface area (Å²) in [4.78, 5) is 79.8. The topological polar surface area (TPSA) is 336 Å². The number of anilines is 1. The van der Waals surface area contributed by atoms with E-state index in [0.717, 1.165) is 34.0 Å². The van der Waals surface area contributed by atoms with Gasteiger partial charge in [0.15, 0.2) is 42.2 Å². The van der Waals surface area contributed by atoms with Crippen molar-refractivity contribution in [3.8, 4) is 0 Å². The Morgan fingerprint density at radius 2 is 1.52 bits per heavy atom. The van der Waals surface area contributed by atoms with Crippen LogP contribution < -0.4 is 5.73 Å². The summed E-state index contributed by atoms with van der Waals surface area (Å²) < 4.78 is 87.1. The molecule has 52 heavy (non-hydrogen) atoms. The number of aliphatic hydroxyl groups excluding tert-OH is 2. The van der Waals surface area contributed by atoms with E-state index >= 15 is 4.39 Å². The number of phosphoric acid groups is 2. The first-order valence-electron chi connectivity index (χ1n) is 14.8. The molecule has 24 nitrogen and oxygen atoms in total. The molecule has 2 aliphatic rings. The summed E-state index contributed by atoms with van der Waals surface area (Å²) in [6.07, 6.45) is -17.3. The van der Waals surface area contributed by atoms with Gasteiger partial charge in [-0.15, -0.1) is 0 Å². The minimum Gasteiger partial charge on any atom is -0.463 e. The lowest BCUT2D eigenvalue weighted by molar-refractivity contribution is -0.296. The second-order valence-electron chi connectivity index (χ2n) is 11.1. The number of nitrogen functional groups attached to an aromatic ring is 1. The number of aliphatic hydroxyl groups is 2. The fourth-order valence-corrected chi connectivity index (χ4v) is 7.25. The molecule has 2 aromatic rings. The van der Waals surface area contributed by atoms with Crippen molar-refractivity contribution in [2.75, 3.05) is 18.9 Å². The summed E-state index contributed by atoms with van der Waals surface area (Å²) in [7, 11) is -11.6. The van der Waals surface area contributed by atoms with Gasteiger partial charge in [0.05, 0.1) is 12.9 Å². The van der Waals surface area contributed by atoms with Gasteiger partial charge in [-0.1, -0.05) is 0 Å². The van der Waals surface area contributed by atoms with Gasteiger partial charge in [0.2, 0.25) is 6.29 Å². The summed E-state index contributed by atoms with van der Waals surface area (Å²) in [5, 5.41) is 21.1. The minimum absolute atomic E-state index is 0.00312. The highest BCUT2D eigenvalue weighted by Gasteiger charge is 2.57. The molecule has 0 aromatic carbocycles. The zero-order chi connectivity index (χ0) is 38.7. The number of phosphoric ester groups is 2. The molecule has 27 heteroatoms. The molecule has 2 saturated heterocycles. The first-order chi connectivity index (χ1) is 24.2. The van der Waals surface area contributed by atoms with E-state index in [1.165, 1.54) is 10.9 Å². The van der Waals surface area contributed by atoms with E-state index in [2.05, 4.69) is 24.0 Å². The number of carbonyl (C=O) groups is 4. The Morgan fingerprint density at radius 1 is 0.904 bits per heavy atom. The van der Waals surface area contributed by atoms with Crippen LogP contribution in [0.4, 0.5) is 10.2 Å². The van der Waals surface area contributed by atoms with Crippen molar-refractivity contribution in [1.82, 2.24) is 19.5 Å². The third-order valence-electron chi connectivity index (χ3n) is 7.08. The van der Waals surface area contributed by atoms with Crippen LogP contribution in [0.25, 0.3) is 11.2 Å². The largest absolute Gasteiger partial charge is 0.483 e. The Kier molecular flexibility index (Phi) is 13.0. The molecule has 290 valence electrons. The normalized spacial score (nSPS) is 30.4. The van der Waals surface area contributed by atoms with Gasteiger partial charge in [0, 0.05) is 27.7 Å². The maximum Gasteiger partial charge on any atom is 0.483 e. The van der Waals surface area contributed by atoms with Crippen LogP contribution in [0.3, 0.4) is 0 Å². The lowest BCUT2D eigenvalue weighted by atomic mass is 9.95. The summed E-state index contributed by atoms with van der Waals surface area (Å²) in [5.41, 5.74) is 5.99. The third-order valence-corrected chi connectivity index (χ3v) is 9.68. The van der Waals surface area contributed by atoms with Crippen molar-refractivity contribution in [2.24, 2.45) is 0 Å². The van der Waals surface area contributed by atoms with Crippen LogP contribution in [0.2, 0.25) is 0 Å². The third kappa shape index (κ3) is 10.0. The number of hydrogen-bond acceptors (Lipinski definition) is 21. The van der Waals surface area contributed by atoms with E-state index in [4.69, 9.17) is 38.5 Å². The van der Waals surface area contributed by atoms with Crippen molar-refractivity contribution in [3.05, 3.63) is 12.7 Å². The standard InChI is InChI=1S/C25H34FN5O19P2/c1-9(32)42-5-13(26)18-19(44-10(2)33)20(45-11(3)34)21(46-12(4)35)25(48-18)49-52(40,41)50-51(38,39)43-6-14-16(36)17(37)24(47-14)31-8-30-15-22(27)28-7-29-23(15)31/h7-8,13-14,16-21,24-25,36-37H,5-6H2,1-4H3,(H,38,39)(H,40,41)(H2,27,28,29)/t13-,14+,16?,17?,18?,19+,20?,21?,24+,25-/m0/s1. The molecular formula is C25H34FN5O19P2. The number of nitrogens with two attached hydrogens (primary N) is 1. The number of alkyl halides is 1. The molecule has 2 fully saturated rings. The molecular weight excluding hydrogens is 755 g/mol. The molecule has 0 radical (unpaired) electrons. The number of nitrogens with zero attached hydrogens (tertiary/aromatic N) is 4. The number of ether oxygens (including phenoxy) is 6. The quantitative estimate of drug-likeness (QED) is 0.0843. The van der Waals surface area contributed by atoms with Crippen molar-refractivity contribution < 1.29 is 94.5 Å². The maximum absolute atomic E-state index is 15.4. The highest BCUT2D eigenvalue weighted by Crippen LogP contribution is 2.61. The van der Waals surface area contributed by atoms with Gasteiger partial charge in [-0.25, -0.2) is 28.5 Å². The zero-order valence-corrected chi connectivity index (χ0v) is 29.2. The fourth-order valence-electron chi connectivity index (χ4n) is 5.10. The number of hydrogen-bond donors (Lipinski definition) is 5. The molecule has 12 atom stereocenters. The molecule has 2 aromatic heterocycles. The fraction of sp³-hybridized carbons (Fsp3) is 0.640. The molecule has 7 unspecified atom stereocenters. The maximum atomic E-state index is 15.4. The zero-order valence-electron chi connectivity index (χ0n) is 27.4. The molecule has 0 saturated carbocycles. The van der Waals surface area contributed by atoms with Gasteiger partial charge in [-0.05, 0) is 0 Å². The van der Waals surface area contributed by atoms with E-state index in [9.17, 15) is 48.3 Å². The van der Waals surface area contributed by atoms with Gasteiger partial charge >= 0.3 is 39.5 Å². The van der Waals surface area contributed by atoms with E-state index in [-0.39, 0.29) is 17.0 Å². The number of esters is 4. The number of halogens is 1. The van der Waals surface area contributed by atoms with E-state index < -0.39 is 114 Å². The lowest BCUT2D eigenvalue weighted by Crippen LogP contribution is -2.64. The summed E-state index contributed by atoms with van der Waals surface area (Å²) in [5.74, 6) is -4.31. The van der Waals surface area contributed by atoms with Gasteiger partial charge in [0.25, 0.3) is 0 Å². The average Bonchev–Trinajstić information content (AvgIpc) is 3.57. The predicted octanol–water partition coefficient (Wildman–Crippen LogP) is -1.30. The minimum atomic E-state index is -5.93. The number of aromatic nitrogens is 4. The number of carbonyl (C=O) groups excluding carboxylic acids is 4. The van der Waals surface area contributed by atoms with E-state index in [1.54, 1.807) is 0 Å². The summed E-state index contributed by atoms with van der Waals surface area (Å²) >= 11 is 0. The molecule has 4 rings (SSSR count). The molecule has 6 N–H and O–H groups in total. The molecule has 0 aliphatic carbocycles. The van der Waals surface area contributed by atoms with Crippen LogP contribution in [-0.2, 0) is 70.1 Å².